The Morgan fingerprint density at radius 1 is 1.17 bits per heavy atom. The van der Waals surface area contributed by atoms with Crippen molar-refractivity contribution < 1.29 is 19.2 Å². The molecule has 8 nitrogen and oxygen atoms in total. The molecular formula is C22H21N3O5. The maximum absolute atomic E-state index is 12.6. The first kappa shape index (κ1) is 20.9. The van der Waals surface area contributed by atoms with Gasteiger partial charge in [-0.05, 0) is 22.6 Å². The lowest BCUT2D eigenvalue weighted by Crippen LogP contribution is -2.18. The van der Waals surface area contributed by atoms with Crippen LogP contribution in [-0.4, -0.2) is 24.0 Å². The molecule has 0 fully saturated rings. The molecule has 1 aliphatic rings. The number of ether oxygens (including phenoxy) is 2. The zero-order valence-corrected chi connectivity index (χ0v) is 16.9. The minimum Gasteiger partial charge on any atom is -0.486 e. The number of carbonyl (C=O) groups is 1. The lowest BCUT2D eigenvalue weighted by Gasteiger charge is -2.19. The van der Waals surface area contributed by atoms with Gasteiger partial charge >= 0.3 is 0 Å². The highest BCUT2D eigenvalue weighted by molar-refractivity contribution is 6.10. The van der Waals surface area contributed by atoms with Crippen LogP contribution < -0.4 is 14.8 Å². The zero-order valence-electron chi connectivity index (χ0n) is 16.9. The fraction of sp³-hybridized carbons (Fsp3) is 0.273. The first-order valence-electron chi connectivity index (χ1n) is 9.31. The summed E-state index contributed by atoms with van der Waals surface area (Å²) in [7, 11) is 0. The van der Waals surface area contributed by atoms with Crippen molar-refractivity contribution in [3.8, 4) is 17.6 Å². The maximum atomic E-state index is 12.6. The second-order valence-electron chi connectivity index (χ2n) is 7.77. The van der Waals surface area contributed by atoms with E-state index < -0.39 is 10.8 Å². The fourth-order valence-electron chi connectivity index (χ4n) is 2.91. The first-order valence-corrected chi connectivity index (χ1v) is 9.31. The number of anilines is 1. The van der Waals surface area contributed by atoms with Crippen LogP contribution in [0.4, 0.5) is 11.4 Å². The highest BCUT2D eigenvalue weighted by atomic mass is 16.6. The Kier molecular flexibility index (Phi) is 5.74. The molecule has 2 aromatic rings. The summed E-state index contributed by atoms with van der Waals surface area (Å²) in [6.45, 7) is 6.85. The topological polar surface area (TPSA) is 114 Å². The molecule has 1 N–H and O–H groups in total. The minimum atomic E-state index is -0.753. The van der Waals surface area contributed by atoms with Crippen molar-refractivity contribution in [3.05, 3.63) is 63.2 Å². The van der Waals surface area contributed by atoms with E-state index in [0.717, 1.165) is 5.56 Å². The van der Waals surface area contributed by atoms with E-state index in [1.165, 1.54) is 18.2 Å². The van der Waals surface area contributed by atoms with Crippen molar-refractivity contribution >= 4 is 23.4 Å². The second-order valence-corrected chi connectivity index (χ2v) is 7.77. The van der Waals surface area contributed by atoms with Crippen LogP contribution in [0, 0.1) is 21.4 Å². The quantitative estimate of drug-likeness (QED) is 0.351. The summed E-state index contributed by atoms with van der Waals surface area (Å²) in [6, 6.07) is 11.9. The predicted molar refractivity (Wildman–Crippen MR) is 111 cm³/mol. The fourth-order valence-corrected chi connectivity index (χ4v) is 2.91. The number of nitriles is 1. The normalized spacial score (nSPS) is 13.3. The molecule has 30 heavy (non-hydrogen) atoms. The van der Waals surface area contributed by atoms with Crippen LogP contribution in [0.2, 0.25) is 0 Å². The number of hydrogen-bond acceptors (Lipinski definition) is 6. The predicted octanol–water partition coefficient (Wildman–Crippen LogP) is 4.21. The number of benzene rings is 2. The van der Waals surface area contributed by atoms with Crippen LogP contribution in [0.1, 0.15) is 31.9 Å². The average Bonchev–Trinajstić information content (AvgIpc) is 2.71. The number of nitro benzene ring substituents is 1. The number of rotatable bonds is 4. The molecule has 8 heteroatoms. The third-order valence-corrected chi connectivity index (χ3v) is 4.56. The molecule has 2 aromatic carbocycles. The van der Waals surface area contributed by atoms with E-state index in [2.05, 4.69) is 26.1 Å². The van der Waals surface area contributed by atoms with Crippen LogP contribution >= 0.6 is 0 Å². The van der Waals surface area contributed by atoms with Crippen LogP contribution in [-0.2, 0) is 10.2 Å². The van der Waals surface area contributed by atoms with E-state index in [-0.39, 0.29) is 34.7 Å². The Morgan fingerprint density at radius 3 is 2.30 bits per heavy atom. The molecule has 3 rings (SSSR count). The molecule has 1 aliphatic heterocycles. The molecule has 154 valence electrons. The van der Waals surface area contributed by atoms with Crippen molar-refractivity contribution in [3.63, 3.8) is 0 Å². The lowest BCUT2D eigenvalue weighted by atomic mass is 9.86. The van der Waals surface area contributed by atoms with E-state index in [0.29, 0.717) is 17.9 Å². The molecule has 0 radical (unpaired) electrons. The van der Waals surface area contributed by atoms with Crippen molar-refractivity contribution in [2.24, 2.45) is 0 Å². The summed E-state index contributed by atoms with van der Waals surface area (Å²) in [5.74, 6) is -0.222. The van der Waals surface area contributed by atoms with Crippen molar-refractivity contribution in [1.82, 2.24) is 0 Å². The summed E-state index contributed by atoms with van der Waals surface area (Å²) in [4.78, 5) is 23.4. The van der Waals surface area contributed by atoms with Gasteiger partial charge in [0.05, 0.1) is 11.0 Å². The summed E-state index contributed by atoms with van der Waals surface area (Å²) >= 11 is 0. The molecule has 1 amide bonds. The van der Waals surface area contributed by atoms with Crippen molar-refractivity contribution in [1.29, 1.82) is 5.26 Å². The number of amides is 1. The third-order valence-electron chi connectivity index (χ3n) is 4.56. The van der Waals surface area contributed by atoms with Crippen molar-refractivity contribution in [2.45, 2.75) is 26.2 Å². The highest BCUT2D eigenvalue weighted by Crippen LogP contribution is 2.39. The molecule has 0 aromatic heterocycles. The van der Waals surface area contributed by atoms with Gasteiger partial charge in [0.1, 0.15) is 30.5 Å². The van der Waals surface area contributed by atoms with Crippen LogP contribution in [0.25, 0.3) is 6.08 Å². The Balaban J connectivity index is 1.87. The van der Waals surface area contributed by atoms with Gasteiger partial charge < -0.3 is 14.8 Å². The van der Waals surface area contributed by atoms with Crippen LogP contribution in [0.5, 0.6) is 11.5 Å². The van der Waals surface area contributed by atoms with Gasteiger partial charge in [0, 0.05) is 6.07 Å². The number of nitro groups is 1. The van der Waals surface area contributed by atoms with Gasteiger partial charge in [-0.3, -0.25) is 14.9 Å². The van der Waals surface area contributed by atoms with E-state index in [1.807, 2.05) is 30.3 Å². The Labute approximate surface area is 173 Å². The van der Waals surface area contributed by atoms with E-state index in [9.17, 15) is 20.2 Å². The zero-order chi connectivity index (χ0) is 21.9. The third kappa shape index (κ3) is 4.58. The van der Waals surface area contributed by atoms with Gasteiger partial charge in [-0.1, -0.05) is 45.0 Å². The van der Waals surface area contributed by atoms with E-state index in [4.69, 9.17) is 9.47 Å². The Hall–Kier alpha value is -3.86. The molecule has 0 unspecified atom stereocenters. The van der Waals surface area contributed by atoms with Crippen LogP contribution in [0.3, 0.4) is 0 Å². The largest absolute Gasteiger partial charge is 0.486 e. The van der Waals surface area contributed by atoms with Crippen LogP contribution in [0.15, 0.2) is 42.0 Å². The number of hydrogen-bond donors (Lipinski definition) is 1. The number of carbonyl (C=O) groups excluding carboxylic acids is 1. The molecule has 0 atom stereocenters. The van der Waals surface area contributed by atoms with Gasteiger partial charge in [0.25, 0.3) is 11.6 Å². The summed E-state index contributed by atoms with van der Waals surface area (Å²) in [5, 5.41) is 23.3. The highest BCUT2D eigenvalue weighted by Gasteiger charge is 2.24. The molecular weight excluding hydrogens is 386 g/mol. The monoisotopic (exact) mass is 407 g/mol. The number of nitrogens with zero attached hydrogens (tertiary/aromatic N) is 2. The molecule has 0 saturated carbocycles. The Morgan fingerprint density at radius 2 is 1.77 bits per heavy atom. The molecule has 0 spiro atoms. The van der Waals surface area contributed by atoms with Gasteiger partial charge in [-0.15, -0.1) is 0 Å². The number of fused-ring (bicyclic) bond motifs is 1. The summed E-state index contributed by atoms with van der Waals surface area (Å²) in [6.07, 6.45) is 1.44. The average molecular weight is 407 g/mol. The molecule has 0 saturated heterocycles. The van der Waals surface area contributed by atoms with Gasteiger partial charge in [0.2, 0.25) is 0 Å². The first-order chi connectivity index (χ1) is 14.2. The lowest BCUT2D eigenvalue weighted by molar-refractivity contribution is -0.384. The molecule has 0 aliphatic carbocycles. The smallest absolute Gasteiger partial charge is 0.296 e. The standard InChI is InChI=1S/C22H21N3O5/c1-22(2,3)16-6-4-14(5-7-16)10-15(13-23)21(26)24-17-11-19-20(30-9-8-29-19)12-18(17)25(27)28/h4-7,10-12H,8-9H2,1-3H3,(H,24,26)/b15-10+. The Bertz CT molecular complexity index is 1060. The number of nitrogens with one attached hydrogen (secondary N) is 1. The minimum absolute atomic E-state index is 0.0190. The van der Waals surface area contributed by atoms with E-state index in [1.54, 1.807) is 0 Å². The molecule has 0 bridgehead atoms. The maximum Gasteiger partial charge on any atom is 0.296 e. The van der Waals surface area contributed by atoms with Gasteiger partial charge in [-0.2, -0.15) is 5.26 Å². The SMILES string of the molecule is CC(C)(C)c1ccc(/C=C(\C#N)C(=O)Nc2cc3c(cc2[N+](=O)[O-])OCCO3)cc1. The van der Waals surface area contributed by atoms with Gasteiger partial charge in [0.15, 0.2) is 11.5 Å². The summed E-state index contributed by atoms with van der Waals surface area (Å²) in [5.41, 5.74) is 1.18. The molecule has 1 heterocycles. The van der Waals surface area contributed by atoms with Crippen molar-refractivity contribution in [2.75, 3.05) is 18.5 Å². The summed E-state index contributed by atoms with van der Waals surface area (Å²) < 4.78 is 10.8. The second kappa shape index (κ2) is 8.25. The van der Waals surface area contributed by atoms with E-state index >= 15 is 0 Å². The van der Waals surface area contributed by atoms with Gasteiger partial charge in [-0.25, -0.2) is 0 Å².